The zero-order valence-corrected chi connectivity index (χ0v) is 11.6. The first-order chi connectivity index (χ1) is 7.52. The summed E-state index contributed by atoms with van der Waals surface area (Å²) in [5.74, 6) is 0.978. The van der Waals surface area contributed by atoms with E-state index in [9.17, 15) is 8.42 Å². The van der Waals surface area contributed by atoms with Crippen molar-refractivity contribution in [1.29, 1.82) is 0 Å². The minimum Gasteiger partial charge on any atom is -0.195 e. The first-order valence-electron chi connectivity index (χ1n) is 5.83. The van der Waals surface area contributed by atoms with Crippen LogP contribution in [0, 0.1) is 5.92 Å². The molecule has 0 aliphatic carbocycles. The standard InChI is InChI=1S/C10H21ClN2O2S/c1-3-12(9-6-11)16(14,15)13-7-4-10(2)5-8-13/h10H,3-9H2,1-2H3. The van der Waals surface area contributed by atoms with Crippen LogP contribution >= 0.6 is 11.6 Å². The van der Waals surface area contributed by atoms with E-state index < -0.39 is 10.2 Å². The van der Waals surface area contributed by atoms with E-state index in [2.05, 4.69) is 6.92 Å². The molecule has 1 saturated heterocycles. The molecule has 0 bridgehead atoms. The molecule has 96 valence electrons. The van der Waals surface area contributed by atoms with Gasteiger partial charge in [0.15, 0.2) is 0 Å². The molecule has 0 aromatic rings. The van der Waals surface area contributed by atoms with E-state index in [0.717, 1.165) is 12.8 Å². The maximum atomic E-state index is 12.2. The van der Waals surface area contributed by atoms with E-state index in [1.807, 2.05) is 6.92 Å². The van der Waals surface area contributed by atoms with Gasteiger partial charge in [0.05, 0.1) is 0 Å². The molecular formula is C10H21ClN2O2S. The number of alkyl halides is 1. The fourth-order valence-corrected chi connectivity index (χ4v) is 3.86. The molecular weight excluding hydrogens is 248 g/mol. The number of halogens is 1. The molecule has 0 saturated carbocycles. The lowest BCUT2D eigenvalue weighted by Crippen LogP contribution is -2.47. The van der Waals surface area contributed by atoms with E-state index in [4.69, 9.17) is 11.6 Å². The van der Waals surface area contributed by atoms with E-state index in [-0.39, 0.29) is 0 Å². The lowest BCUT2D eigenvalue weighted by molar-refractivity contribution is 0.267. The average molecular weight is 269 g/mol. The van der Waals surface area contributed by atoms with Gasteiger partial charge in [0.1, 0.15) is 0 Å². The van der Waals surface area contributed by atoms with Gasteiger partial charge in [-0.15, -0.1) is 11.6 Å². The van der Waals surface area contributed by atoms with Crippen molar-refractivity contribution in [2.45, 2.75) is 26.7 Å². The van der Waals surface area contributed by atoms with Gasteiger partial charge in [0.2, 0.25) is 0 Å². The number of nitrogens with zero attached hydrogens (tertiary/aromatic N) is 2. The lowest BCUT2D eigenvalue weighted by atomic mass is 10.0. The van der Waals surface area contributed by atoms with Crippen LogP contribution in [0.5, 0.6) is 0 Å². The predicted octanol–water partition coefficient (Wildman–Crippen LogP) is 1.52. The fraction of sp³-hybridized carbons (Fsp3) is 1.00. The first-order valence-corrected chi connectivity index (χ1v) is 7.76. The molecule has 0 spiro atoms. The van der Waals surface area contributed by atoms with Gasteiger partial charge in [0, 0.05) is 32.1 Å². The second kappa shape index (κ2) is 6.19. The maximum Gasteiger partial charge on any atom is 0.282 e. The summed E-state index contributed by atoms with van der Waals surface area (Å²) in [6.45, 7) is 6.18. The summed E-state index contributed by atoms with van der Waals surface area (Å²) in [6.07, 6.45) is 1.91. The summed E-state index contributed by atoms with van der Waals surface area (Å²) in [5.41, 5.74) is 0. The number of rotatable bonds is 5. The van der Waals surface area contributed by atoms with E-state index >= 15 is 0 Å². The highest BCUT2D eigenvalue weighted by Crippen LogP contribution is 2.20. The Morgan fingerprint density at radius 3 is 2.38 bits per heavy atom. The second-order valence-electron chi connectivity index (χ2n) is 4.27. The highest BCUT2D eigenvalue weighted by Gasteiger charge is 2.30. The topological polar surface area (TPSA) is 40.6 Å². The maximum absolute atomic E-state index is 12.2. The summed E-state index contributed by atoms with van der Waals surface area (Å²) in [6, 6.07) is 0. The molecule has 1 heterocycles. The summed E-state index contributed by atoms with van der Waals surface area (Å²) in [7, 11) is -3.28. The third kappa shape index (κ3) is 3.32. The van der Waals surface area contributed by atoms with Gasteiger partial charge >= 0.3 is 0 Å². The van der Waals surface area contributed by atoms with Crippen molar-refractivity contribution in [2.75, 3.05) is 32.1 Å². The third-order valence-corrected chi connectivity index (χ3v) is 5.36. The first kappa shape index (κ1) is 14.2. The van der Waals surface area contributed by atoms with Crippen LogP contribution in [-0.4, -0.2) is 49.1 Å². The van der Waals surface area contributed by atoms with Crippen molar-refractivity contribution in [2.24, 2.45) is 5.92 Å². The largest absolute Gasteiger partial charge is 0.282 e. The monoisotopic (exact) mass is 268 g/mol. The van der Waals surface area contributed by atoms with Crippen molar-refractivity contribution in [3.8, 4) is 0 Å². The van der Waals surface area contributed by atoms with Gasteiger partial charge in [-0.25, -0.2) is 0 Å². The zero-order valence-electron chi connectivity index (χ0n) is 10.0. The molecule has 1 aliphatic rings. The molecule has 4 nitrogen and oxygen atoms in total. The molecule has 1 fully saturated rings. The van der Waals surface area contributed by atoms with Crippen molar-refractivity contribution in [3.63, 3.8) is 0 Å². The zero-order chi connectivity index (χ0) is 12.2. The quantitative estimate of drug-likeness (QED) is 0.710. The normalized spacial score (nSPS) is 20.5. The molecule has 1 rings (SSSR count). The molecule has 0 unspecified atom stereocenters. The Labute approximate surface area is 104 Å². The summed E-state index contributed by atoms with van der Waals surface area (Å²) >= 11 is 5.62. The molecule has 0 amide bonds. The smallest absolute Gasteiger partial charge is 0.195 e. The van der Waals surface area contributed by atoms with Crippen LogP contribution in [0.1, 0.15) is 26.7 Å². The number of hydrogen-bond acceptors (Lipinski definition) is 2. The molecule has 16 heavy (non-hydrogen) atoms. The second-order valence-corrected chi connectivity index (χ2v) is 6.58. The Hall–Kier alpha value is 0.160. The summed E-state index contributed by atoms with van der Waals surface area (Å²) < 4.78 is 27.5. The van der Waals surface area contributed by atoms with Crippen LogP contribution in [0.25, 0.3) is 0 Å². The van der Waals surface area contributed by atoms with E-state index in [1.54, 1.807) is 4.31 Å². The van der Waals surface area contributed by atoms with E-state index in [1.165, 1.54) is 4.31 Å². The number of hydrogen-bond donors (Lipinski definition) is 0. The molecule has 0 aromatic heterocycles. The third-order valence-electron chi connectivity index (χ3n) is 3.08. The highest BCUT2D eigenvalue weighted by molar-refractivity contribution is 7.86. The fourth-order valence-electron chi connectivity index (χ4n) is 1.91. The SMILES string of the molecule is CCN(CCCl)S(=O)(=O)N1CCC(C)CC1. The van der Waals surface area contributed by atoms with Crippen molar-refractivity contribution < 1.29 is 8.42 Å². The lowest BCUT2D eigenvalue weighted by Gasteiger charge is -2.33. The average Bonchev–Trinajstić information content (AvgIpc) is 2.26. The summed E-state index contributed by atoms with van der Waals surface area (Å²) in [4.78, 5) is 0. The molecule has 0 radical (unpaired) electrons. The predicted molar refractivity (Wildman–Crippen MR) is 66.9 cm³/mol. The Balaban J connectivity index is 2.68. The summed E-state index contributed by atoms with van der Waals surface area (Å²) in [5, 5.41) is 0. The van der Waals surface area contributed by atoms with Crippen molar-refractivity contribution >= 4 is 21.8 Å². The van der Waals surface area contributed by atoms with Crippen LogP contribution in [0.2, 0.25) is 0 Å². The molecule has 1 aliphatic heterocycles. The van der Waals surface area contributed by atoms with Gasteiger partial charge in [-0.05, 0) is 18.8 Å². The Kier molecular flexibility index (Phi) is 5.50. The molecule has 6 heteroatoms. The van der Waals surface area contributed by atoms with Gasteiger partial charge in [0.25, 0.3) is 10.2 Å². The molecule has 0 N–H and O–H groups in total. The van der Waals surface area contributed by atoms with Crippen molar-refractivity contribution in [1.82, 2.24) is 8.61 Å². The Morgan fingerprint density at radius 1 is 1.38 bits per heavy atom. The molecule has 0 aromatic carbocycles. The van der Waals surface area contributed by atoms with Gasteiger partial charge < -0.3 is 0 Å². The highest BCUT2D eigenvalue weighted by atomic mass is 35.5. The van der Waals surface area contributed by atoms with Crippen LogP contribution in [0.4, 0.5) is 0 Å². The van der Waals surface area contributed by atoms with Gasteiger partial charge in [-0.3, -0.25) is 0 Å². The van der Waals surface area contributed by atoms with Gasteiger partial charge in [-0.1, -0.05) is 13.8 Å². The van der Waals surface area contributed by atoms with Crippen LogP contribution in [0.3, 0.4) is 0 Å². The van der Waals surface area contributed by atoms with Crippen LogP contribution < -0.4 is 0 Å². The minimum absolute atomic E-state index is 0.345. The Bertz CT molecular complexity index is 300. The molecule has 0 atom stereocenters. The van der Waals surface area contributed by atoms with Crippen LogP contribution in [0.15, 0.2) is 0 Å². The van der Waals surface area contributed by atoms with Crippen LogP contribution in [-0.2, 0) is 10.2 Å². The van der Waals surface area contributed by atoms with Crippen molar-refractivity contribution in [3.05, 3.63) is 0 Å². The van der Waals surface area contributed by atoms with E-state index in [0.29, 0.717) is 38.0 Å². The van der Waals surface area contributed by atoms with Gasteiger partial charge in [-0.2, -0.15) is 17.0 Å². The number of piperidine rings is 1. The Morgan fingerprint density at radius 2 is 1.94 bits per heavy atom. The minimum atomic E-state index is -3.28.